The van der Waals surface area contributed by atoms with E-state index in [0.717, 1.165) is 5.56 Å². The second-order valence-corrected chi connectivity index (χ2v) is 2.85. The Morgan fingerprint density at radius 1 is 1.00 bits per heavy atom. The lowest BCUT2D eigenvalue weighted by Gasteiger charge is -1.97. The second kappa shape index (κ2) is 4.39. The van der Waals surface area contributed by atoms with Gasteiger partial charge in [0.05, 0.1) is 5.56 Å². The van der Waals surface area contributed by atoms with Crippen LogP contribution in [-0.4, -0.2) is 15.4 Å². The number of aromatic nitrogens is 2. The van der Waals surface area contributed by atoms with Crippen LogP contribution < -0.4 is 11.2 Å². The van der Waals surface area contributed by atoms with E-state index in [-0.39, 0.29) is 11.0 Å². The lowest BCUT2D eigenvalue weighted by Crippen LogP contribution is -2.22. The molecule has 78 valence electrons. The molecule has 4 N–H and O–H groups in total. The number of hydrogen-bond acceptors (Lipinski definition) is 2. The number of nitrogens with one attached hydrogen (secondary N) is 2. The molecule has 0 spiro atoms. The maximum Gasteiger partial charge on any atom is 0.325 e. The van der Waals surface area contributed by atoms with Crippen molar-refractivity contribution in [3.63, 3.8) is 0 Å². The first-order chi connectivity index (χ1) is 6.77. The molecule has 1 aromatic heterocycles. The molecule has 0 atom stereocenters. The molecular formula is C10H10N2O3. The Morgan fingerprint density at radius 2 is 1.67 bits per heavy atom. The molecular weight excluding hydrogens is 196 g/mol. The average Bonchev–Trinajstić information content (AvgIpc) is 2.19. The van der Waals surface area contributed by atoms with Gasteiger partial charge in [0, 0.05) is 6.20 Å². The van der Waals surface area contributed by atoms with Crippen molar-refractivity contribution in [3.8, 4) is 11.1 Å². The number of rotatable bonds is 1. The summed E-state index contributed by atoms with van der Waals surface area (Å²) in [7, 11) is 0. The fourth-order valence-electron chi connectivity index (χ4n) is 1.24. The molecule has 0 radical (unpaired) electrons. The molecule has 0 amide bonds. The summed E-state index contributed by atoms with van der Waals surface area (Å²) in [6.45, 7) is 0. The van der Waals surface area contributed by atoms with Gasteiger partial charge in [-0.1, -0.05) is 30.3 Å². The number of hydrogen-bond donors (Lipinski definition) is 2. The Hall–Kier alpha value is -2.14. The highest BCUT2D eigenvalue weighted by molar-refractivity contribution is 5.60. The van der Waals surface area contributed by atoms with Crippen LogP contribution in [0.3, 0.4) is 0 Å². The van der Waals surface area contributed by atoms with Crippen LogP contribution in [0, 0.1) is 0 Å². The van der Waals surface area contributed by atoms with Crippen LogP contribution in [0.4, 0.5) is 0 Å². The average molecular weight is 206 g/mol. The summed E-state index contributed by atoms with van der Waals surface area (Å²) < 4.78 is 0. The van der Waals surface area contributed by atoms with Gasteiger partial charge in [-0.15, -0.1) is 0 Å². The van der Waals surface area contributed by atoms with Crippen LogP contribution in [0.25, 0.3) is 11.1 Å². The first-order valence-corrected chi connectivity index (χ1v) is 4.15. The summed E-state index contributed by atoms with van der Waals surface area (Å²) in [4.78, 5) is 26.7. The maximum atomic E-state index is 11.4. The standard InChI is InChI=1S/C10H8N2O2.H2O/c13-9-8(6-11-10(14)12-9)7-4-2-1-3-5-7;/h1-6H,(H2,11,12,13,14);1H2. The van der Waals surface area contributed by atoms with E-state index >= 15 is 0 Å². The molecule has 15 heavy (non-hydrogen) atoms. The van der Waals surface area contributed by atoms with Gasteiger partial charge in [-0.3, -0.25) is 9.78 Å². The lowest BCUT2D eigenvalue weighted by atomic mass is 10.1. The Kier molecular flexibility index (Phi) is 3.20. The molecule has 5 nitrogen and oxygen atoms in total. The summed E-state index contributed by atoms with van der Waals surface area (Å²) in [5.41, 5.74) is 0.379. The first kappa shape index (κ1) is 10.9. The van der Waals surface area contributed by atoms with Gasteiger partial charge < -0.3 is 10.5 Å². The molecule has 0 aliphatic heterocycles. The number of benzene rings is 1. The van der Waals surface area contributed by atoms with Crippen molar-refractivity contribution < 1.29 is 5.48 Å². The SMILES string of the molecule is O.O=c1[nH]cc(-c2ccccc2)c(=O)[nH]1. The van der Waals surface area contributed by atoms with Crippen LogP contribution in [0.5, 0.6) is 0 Å². The minimum atomic E-state index is -0.491. The minimum Gasteiger partial charge on any atom is -0.412 e. The zero-order chi connectivity index (χ0) is 9.97. The summed E-state index contributed by atoms with van der Waals surface area (Å²) in [5, 5.41) is 0. The van der Waals surface area contributed by atoms with E-state index in [0.29, 0.717) is 5.56 Å². The van der Waals surface area contributed by atoms with E-state index in [1.54, 1.807) is 0 Å². The Bertz CT molecular complexity index is 542. The number of H-pyrrole nitrogens is 2. The summed E-state index contributed by atoms with van der Waals surface area (Å²) in [5.74, 6) is 0. The third kappa shape index (κ3) is 2.21. The van der Waals surface area contributed by atoms with Crippen molar-refractivity contribution in [2.75, 3.05) is 0 Å². The zero-order valence-corrected chi connectivity index (χ0v) is 7.78. The van der Waals surface area contributed by atoms with Crippen LogP contribution in [0.2, 0.25) is 0 Å². The molecule has 0 saturated heterocycles. The van der Waals surface area contributed by atoms with Crippen LogP contribution >= 0.6 is 0 Å². The van der Waals surface area contributed by atoms with Crippen molar-refractivity contribution in [1.29, 1.82) is 0 Å². The molecule has 0 saturated carbocycles. The molecule has 0 unspecified atom stereocenters. The van der Waals surface area contributed by atoms with Gasteiger partial charge in [-0.05, 0) is 5.56 Å². The highest BCUT2D eigenvalue weighted by Crippen LogP contribution is 2.11. The van der Waals surface area contributed by atoms with Gasteiger partial charge in [0.25, 0.3) is 5.56 Å². The van der Waals surface area contributed by atoms with Gasteiger partial charge in [-0.2, -0.15) is 0 Å². The zero-order valence-electron chi connectivity index (χ0n) is 7.78. The molecule has 5 heteroatoms. The molecule has 1 heterocycles. The van der Waals surface area contributed by atoms with Gasteiger partial charge in [0.15, 0.2) is 0 Å². The largest absolute Gasteiger partial charge is 0.412 e. The quantitative estimate of drug-likeness (QED) is 0.681. The van der Waals surface area contributed by atoms with Crippen molar-refractivity contribution in [2.45, 2.75) is 0 Å². The summed E-state index contributed by atoms with van der Waals surface area (Å²) in [6, 6.07) is 9.15. The van der Waals surface area contributed by atoms with Gasteiger partial charge in [0.1, 0.15) is 0 Å². The van der Waals surface area contributed by atoms with Gasteiger partial charge >= 0.3 is 5.69 Å². The molecule has 2 rings (SSSR count). The van der Waals surface area contributed by atoms with E-state index in [4.69, 9.17) is 0 Å². The Labute approximate surface area is 84.7 Å². The fraction of sp³-hybridized carbons (Fsp3) is 0. The van der Waals surface area contributed by atoms with Crippen molar-refractivity contribution in [2.24, 2.45) is 0 Å². The minimum absolute atomic E-state index is 0. The fourth-order valence-corrected chi connectivity index (χ4v) is 1.24. The molecule has 0 fully saturated rings. The molecule has 0 aliphatic carbocycles. The normalized spacial score (nSPS) is 9.33. The topological polar surface area (TPSA) is 97.2 Å². The third-order valence-electron chi connectivity index (χ3n) is 1.90. The van der Waals surface area contributed by atoms with Gasteiger partial charge in [0.2, 0.25) is 0 Å². The predicted octanol–water partition coefficient (Wildman–Crippen LogP) is -0.0945. The third-order valence-corrected chi connectivity index (χ3v) is 1.90. The summed E-state index contributed by atoms with van der Waals surface area (Å²) in [6.07, 6.45) is 1.41. The van der Waals surface area contributed by atoms with E-state index in [1.807, 2.05) is 30.3 Å². The molecule has 1 aromatic carbocycles. The van der Waals surface area contributed by atoms with Crippen molar-refractivity contribution in [3.05, 3.63) is 57.4 Å². The van der Waals surface area contributed by atoms with Crippen molar-refractivity contribution >= 4 is 0 Å². The molecule has 2 aromatic rings. The predicted molar refractivity (Wildman–Crippen MR) is 56.7 cm³/mol. The Morgan fingerprint density at radius 3 is 2.27 bits per heavy atom. The van der Waals surface area contributed by atoms with E-state index in [2.05, 4.69) is 9.97 Å². The van der Waals surface area contributed by atoms with E-state index in [1.165, 1.54) is 6.20 Å². The Balaban J connectivity index is 0.00000112. The highest BCUT2D eigenvalue weighted by Gasteiger charge is 2.01. The van der Waals surface area contributed by atoms with E-state index in [9.17, 15) is 9.59 Å². The second-order valence-electron chi connectivity index (χ2n) is 2.85. The number of aromatic amines is 2. The first-order valence-electron chi connectivity index (χ1n) is 4.15. The van der Waals surface area contributed by atoms with Crippen molar-refractivity contribution in [1.82, 2.24) is 9.97 Å². The summed E-state index contributed by atoms with van der Waals surface area (Å²) >= 11 is 0. The van der Waals surface area contributed by atoms with Gasteiger partial charge in [-0.25, -0.2) is 4.79 Å². The van der Waals surface area contributed by atoms with Crippen LogP contribution in [0.15, 0.2) is 46.1 Å². The van der Waals surface area contributed by atoms with Crippen LogP contribution in [-0.2, 0) is 0 Å². The monoisotopic (exact) mass is 206 g/mol. The molecule has 0 bridgehead atoms. The maximum absolute atomic E-state index is 11.4. The highest BCUT2D eigenvalue weighted by atomic mass is 16.2. The van der Waals surface area contributed by atoms with Crippen LogP contribution in [0.1, 0.15) is 0 Å². The smallest absolute Gasteiger partial charge is 0.325 e. The van der Waals surface area contributed by atoms with E-state index < -0.39 is 5.69 Å². The molecule has 0 aliphatic rings. The lowest BCUT2D eigenvalue weighted by molar-refractivity contribution is 0.824.